The van der Waals surface area contributed by atoms with E-state index in [1.807, 2.05) is 83.3 Å². The second-order valence-electron chi connectivity index (χ2n) is 12.7. The summed E-state index contributed by atoms with van der Waals surface area (Å²) in [5.41, 5.74) is 6.88. The van der Waals surface area contributed by atoms with Gasteiger partial charge in [0.05, 0.1) is 5.56 Å². The minimum Gasteiger partial charge on any atom is -0.455 e. The van der Waals surface area contributed by atoms with Gasteiger partial charge in [-0.05, 0) is 24.3 Å². The van der Waals surface area contributed by atoms with Crippen molar-refractivity contribution in [3.05, 3.63) is 152 Å². The predicted octanol–water partition coefficient (Wildman–Crippen LogP) is 13.2. The molecule has 0 spiro atoms. The van der Waals surface area contributed by atoms with Gasteiger partial charge in [0.2, 0.25) is 0 Å². The molecule has 11 rings (SSSR count). The Hall–Kier alpha value is -6.21. The minimum atomic E-state index is 0.582. The number of para-hydroxylation sites is 2. The van der Waals surface area contributed by atoms with E-state index in [-0.39, 0.29) is 0 Å². The SMILES string of the molecule is c1ccc(-c2nc(-c3ccc4c(c3)sc3c(-c5cccc6c5sc5ccccc56)cccc34)nc(-c3cccc4c3oc3ccccc34)n2)cc1. The van der Waals surface area contributed by atoms with Crippen LogP contribution in [0.4, 0.5) is 0 Å². The number of rotatable bonds is 4. The van der Waals surface area contributed by atoms with Gasteiger partial charge >= 0.3 is 0 Å². The maximum Gasteiger partial charge on any atom is 0.167 e. The fraction of sp³-hybridized carbons (Fsp3) is 0. The number of nitrogens with zero attached hydrogens (tertiary/aromatic N) is 3. The molecule has 11 aromatic rings. The lowest BCUT2D eigenvalue weighted by atomic mass is 10.0. The van der Waals surface area contributed by atoms with Gasteiger partial charge < -0.3 is 4.42 Å². The summed E-state index contributed by atoms with van der Waals surface area (Å²) in [4.78, 5) is 15.2. The molecule has 51 heavy (non-hydrogen) atoms. The minimum absolute atomic E-state index is 0.582. The molecule has 0 radical (unpaired) electrons. The number of aromatic nitrogens is 3. The highest BCUT2D eigenvalue weighted by molar-refractivity contribution is 7.27. The van der Waals surface area contributed by atoms with Crippen LogP contribution in [-0.2, 0) is 0 Å². The Morgan fingerprint density at radius 2 is 0.941 bits per heavy atom. The third kappa shape index (κ3) is 4.47. The van der Waals surface area contributed by atoms with E-state index in [0.717, 1.165) is 38.6 Å². The standard InChI is InChI=1S/C45H25N3OS2/c1-2-11-26(12-3-1)43-46-44(48-45(47-43)36-20-8-15-31-28-13-4-6-21-37(28)49-40(31)36)27-23-24-30-33-17-10-19-35(42(33)51-39(30)25-27)34-18-9-16-32-29-14-5-7-22-38(29)50-41(32)34/h1-25H. The van der Waals surface area contributed by atoms with Gasteiger partial charge in [-0.1, -0.05) is 127 Å². The van der Waals surface area contributed by atoms with Gasteiger partial charge in [0, 0.05) is 73.4 Å². The van der Waals surface area contributed by atoms with Gasteiger partial charge in [0.15, 0.2) is 17.5 Å². The lowest BCUT2D eigenvalue weighted by molar-refractivity contribution is 0.669. The Balaban J connectivity index is 1.10. The number of benzene rings is 7. The zero-order valence-corrected chi connectivity index (χ0v) is 28.6. The average molecular weight is 688 g/mol. The van der Waals surface area contributed by atoms with E-state index in [0.29, 0.717) is 17.5 Å². The van der Waals surface area contributed by atoms with E-state index in [4.69, 9.17) is 19.4 Å². The second kappa shape index (κ2) is 11.2. The molecule has 7 aromatic carbocycles. The molecule has 4 heterocycles. The predicted molar refractivity (Wildman–Crippen MR) is 215 cm³/mol. The van der Waals surface area contributed by atoms with Crippen molar-refractivity contribution >= 4 is 85.0 Å². The molecule has 0 aliphatic carbocycles. The van der Waals surface area contributed by atoms with Crippen molar-refractivity contribution in [3.63, 3.8) is 0 Å². The van der Waals surface area contributed by atoms with Gasteiger partial charge in [-0.3, -0.25) is 0 Å². The monoisotopic (exact) mass is 687 g/mol. The number of furan rings is 1. The Morgan fingerprint density at radius 3 is 1.73 bits per heavy atom. The molecule has 0 saturated carbocycles. The number of fused-ring (bicyclic) bond motifs is 9. The molecule has 238 valence electrons. The molecule has 0 bridgehead atoms. The van der Waals surface area contributed by atoms with Gasteiger partial charge in [0.1, 0.15) is 11.2 Å². The Bertz CT molecular complexity index is 3160. The molecule has 0 unspecified atom stereocenters. The van der Waals surface area contributed by atoms with Crippen LogP contribution in [0.15, 0.2) is 156 Å². The van der Waals surface area contributed by atoms with Crippen LogP contribution in [0.25, 0.3) is 108 Å². The zero-order chi connectivity index (χ0) is 33.5. The summed E-state index contributed by atoms with van der Waals surface area (Å²) in [6.45, 7) is 0. The molecule has 0 atom stereocenters. The van der Waals surface area contributed by atoms with E-state index >= 15 is 0 Å². The highest BCUT2D eigenvalue weighted by Crippen LogP contribution is 2.46. The van der Waals surface area contributed by atoms with Crippen LogP contribution in [-0.4, -0.2) is 15.0 Å². The quantitative estimate of drug-likeness (QED) is 0.185. The number of hydrogen-bond acceptors (Lipinski definition) is 6. The molecular formula is C45H25N3OS2. The van der Waals surface area contributed by atoms with Crippen molar-refractivity contribution in [2.75, 3.05) is 0 Å². The van der Waals surface area contributed by atoms with Crippen LogP contribution >= 0.6 is 22.7 Å². The summed E-state index contributed by atoms with van der Waals surface area (Å²) in [6, 6.07) is 53.1. The van der Waals surface area contributed by atoms with Crippen molar-refractivity contribution in [1.82, 2.24) is 15.0 Å². The van der Waals surface area contributed by atoms with Gasteiger partial charge in [-0.15, -0.1) is 22.7 Å². The molecule has 0 saturated heterocycles. The highest BCUT2D eigenvalue weighted by Gasteiger charge is 2.19. The third-order valence-electron chi connectivity index (χ3n) is 9.76. The second-order valence-corrected chi connectivity index (χ2v) is 14.8. The average Bonchev–Trinajstić information content (AvgIpc) is 3.89. The van der Waals surface area contributed by atoms with E-state index in [1.165, 1.54) is 51.5 Å². The van der Waals surface area contributed by atoms with Crippen molar-refractivity contribution in [1.29, 1.82) is 0 Å². The molecule has 6 heteroatoms. The first-order valence-electron chi connectivity index (χ1n) is 16.9. The number of hydrogen-bond donors (Lipinski definition) is 0. The molecule has 4 nitrogen and oxygen atoms in total. The van der Waals surface area contributed by atoms with E-state index in [9.17, 15) is 0 Å². The molecule has 0 fully saturated rings. The molecule has 0 aliphatic rings. The smallest absolute Gasteiger partial charge is 0.167 e. The van der Waals surface area contributed by atoms with Crippen molar-refractivity contribution in [2.24, 2.45) is 0 Å². The van der Waals surface area contributed by atoms with Crippen LogP contribution in [0.1, 0.15) is 0 Å². The summed E-state index contributed by atoms with van der Waals surface area (Å²) < 4.78 is 11.5. The maximum absolute atomic E-state index is 6.41. The van der Waals surface area contributed by atoms with Crippen LogP contribution < -0.4 is 0 Å². The first kappa shape index (κ1) is 28.6. The summed E-state index contributed by atoms with van der Waals surface area (Å²) in [5.74, 6) is 1.83. The van der Waals surface area contributed by atoms with Crippen molar-refractivity contribution in [2.45, 2.75) is 0 Å². The Morgan fingerprint density at radius 1 is 0.373 bits per heavy atom. The molecule has 0 amide bonds. The topological polar surface area (TPSA) is 51.8 Å². The Labute approximate surface area is 299 Å². The zero-order valence-electron chi connectivity index (χ0n) is 27.0. The summed E-state index contributed by atoms with van der Waals surface area (Å²) in [6.07, 6.45) is 0. The van der Waals surface area contributed by atoms with Gasteiger partial charge in [-0.25, -0.2) is 15.0 Å². The lowest BCUT2D eigenvalue weighted by Crippen LogP contribution is -2.00. The van der Waals surface area contributed by atoms with Crippen LogP contribution in [0.3, 0.4) is 0 Å². The number of thiophene rings is 2. The first-order valence-corrected chi connectivity index (χ1v) is 18.5. The first-order chi connectivity index (χ1) is 25.3. The summed E-state index contributed by atoms with van der Waals surface area (Å²) in [7, 11) is 0. The molecule has 4 aromatic heterocycles. The van der Waals surface area contributed by atoms with E-state index in [2.05, 4.69) is 91.0 Å². The van der Waals surface area contributed by atoms with Crippen LogP contribution in [0.2, 0.25) is 0 Å². The highest BCUT2D eigenvalue weighted by atomic mass is 32.1. The normalized spacial score (nSPS) is 11.9. The van der Waals surface area contributed by atoms with Crippen LogP contribution in [0.5, 0.6) is 0 Å². The maximum atomic E-state index is 6.41. The Kier molecular flexibility index (Phi) is 6.26. The van der Waals surface area contributed by atoms with E-state index < -0.39 is 0 Å². The molecule has 0 N–H and O–H groups in total. The van der Waals surface area contributed by atoms with Crippen molar-refractivity contribution in [3.8, 4) is 45.3 Å². The third-order valence-corrected chi connectivity index (χ3v) is 12.2. The fourth-order valence-electron chi connectivity index (χ4n) is 7.37. The molecule has 0 aliphatic heterocycles. The van der Waals surface area contributed by atoms with Crippen molar-refractivity contribution < 1.29 is 4.42 Å². The van der Waals surface area contributed by atoms with Gasteiger partial charge in [0.25, 0.3) is 0 Å². The summed E-state index contributed by atoms with van der Waals surface area (Å²) >= 11 is 3.71. The largest absolute Gasteiger partial charge is 0.455 e. The molecular weight excluding hydrogens is 663 g/mol. The van der Waals surface area contributed by atoms with Gasteiger partial charge in [-0.2, -0.15) is 0 Å². The van der Waals surface area contributed by atoms with Crippen LogP contribution in [0, 0.1) is 0 Å². The summed E-state index contributed by atoms with van der Waals surface area (Å²) in [5, 5.41) is 7.23. The lowest BCUT2D eigenvalue weighted by Gasteiger charge is -2.09. The van der Waals surface area contributed by atoms with E-state index in [1.54, 1.807) is 0 Å². The fourth-order valence-corrected chi connectivity index (χ4v) is 9.87.